The van der Waals surface area contributed by atoms with Crippen molar-refractivity contribution in [3.8, 4) is 0 Å². The first-order valence-corrected chi connectivity index (χ1v) is 9.06. The third kappa shape index (κ3) is 2.99. The summed E-state index contributed by atoms with van der Waals surface area (Å²) in [5.41, 5.74) is 5.18. The van der Waals surface area contributed by atoms with E-state index in [0.29, 0.717) is 6.01 Å². The molecule has 2 aromatic carbocycles. The van der Waals surface area contributed by atoms with Gasteiger partial charge in [-0.05, 0) is 55.2 Å². The second-order valence-corrected chi connectivity index (χ2v) is 7.07. The average molecular weight is 337 g/mol. The highest BCUT2D eigenvalue weighted by atomic mass is 32.1. The molecule has 0 fully saturated rings. The Morgan fingerprint density at radius 1 is 1.08 bits per heavy atom. The van der Waals surface area contributed by atoms with E-state index in [2.05, 4.69) is 40.4 Å². The van der Waals surface area contributed by atoms with Gasteiger partial charge >= 0.3 is 6.01 Å². The van der Waals surface area contributed by atoms with Crippen molar-refractivity contribution in [3.63, 3.8) is 0 Å². The number of fused-ring (bicyclic) bond motifs is 2. The number of rotatable bonds is 5. The zero-order valence-electron chi connectivity index (χ0n) is 13.8. The predicted octanol–water partition coefficient (Wildman–Crippen LogP) is 5.83. The van der Waals surface area contributed by atoms with Crippen LogP contribution >= 0.6 is 11.3 Å². The molecule has 0 amide bonds. The van der Waals surface area contributed by atoms with Gasteiger partial charge in [0.1, 0.15) is 5.52 Å². The lowest BCUT2D eigenvalue weighted by molar-refractivity contribution is 0.623. The maximum absolute atomic E-state index is 5.77. The van der Waals surface area contributed by atoms with Crippen molar-refractivity contribution in [3.05, 3.63) is 47.5 Å². The van der Waals surface area contributed by atoms with Crippen LogP contribution in [0.5, 0.6) is 0 Å². The maximum atomic E-state index is 5.77. The van der Waals surface area contributed by atoms with Crippen molar-refractivity contribution < 1.29 is 4.42 Å². The van der Waals surface area contributed by atoms with Gasteiger partial charge in [0.15, 0.2) is 10.7 Å². The van der Waals surface area contributed by atoms with Crippen LogP contribution in [0.3, 0.4) is 0 Å². The van der Waals surface area contributed by atoms with E-state index in [-0.39, 0.29) is 0 Å². The Balaban J connectivity index is 1.60. The Bertz CT molecular complexity index is 1000. The number of oxazole rings is 1. The molecule has 0 bridgehead atoms. The van der Waals surface area contributed by atoms with E-state index in [4.69, 9.17) is 4.42 Å². The minimum atomic E-state index is 0.487. The molecular weight excluding hydrogens is 318 g/mol. The highest BCUT2D eigenvalue weighted by Crippen LogP contribution is 2.30. The molecule has 0 aliphatic carbocycles. The molecule has 0 atom stereocenters. The van der Waals surface area contributed by atoms with Gasteiger partial charge in [0.25, 0.3) is 0 Å². The SMILES string of the molecule is CCCCc1ccc2nc(Nc3nc4ccc(C)cc4o3)sc2c1. The first kappa shape index (κ1) is 15.1. The summed E-state index contributed by atoms with van der Waals surface area (Å²) in [6.45, 7) is 4.26. The molecule has 0 saturated heterocycles. The highest BCUT2D eigenvalue weighted by Gasteiger charge is 2.10. The smallest absolute Gasteiger partial charge is 0.302 e. The van der Waals surface area contributed by atoms with Crippen LogP contribution in [0.2, 0.25) is 0 Å². The molecule has 0 aliphatic heterocycles. The number of thiazole rings is 1. The van der Waals surface area contributed by atoms with Crippen LogP contribution in [0, 0.1) is 6.92 Å². The zero-order valence-corrected chi connectivity index (χ0v) is 14.6. The third-order valence-electron chi connectivity index (χ3n) is 4.03. The summed E-state index contributed by atoms with van der Waals surface area (Å²) >= 11 is 1.63. The summed E-state index contributed by atoms with van der Waals surface area (Å²) in [4.78, 5) is 9.09. The quantitative estimate of drug-likeness (QED) is 0.497. The summed E-state index contributed by atoms with van der Waals surface area (Å²) in [7, 11) is 0. The third-order valence-corrected chi connectivity index (χ3v) is 4.96. The van der Waals surface area contributed by atoms with Gasteiger partial charge in [0.2, 0.25) is 0 Å². The number of benzene rings is 2. The summed E-state index contributed by atoms with van der Waals surface area (Å²) in [5, 5.41) is 4.00. The van der Waals surface area contributed by atoms with E-state index >= 15 is 0 Å². The Labute approximate surface area is 144 Å². The highest BCUT2D eigenvalue weighted by molar-refractivity contribution is 7.22. The summed E-state index contributed by atoms with van der Waals surface area (Å²) < 4.78 is 6.96. The normalized spacial score (nSPS) is 11.4. The standard InChI is InChI=1S/C19H19N3OS/c1-3-4-5-13-7-9-15-17(11-13)24-19(21-15)22-18-20-14-8-6-12(2)10-16(14)23-18/h6-11H,3-5H2,1-2H3,(H,20,21,22). The second kappa shape index (κ2) is 6.24. The lowest BCUT2D eigenvalue weighted by Crippen LogP contribution is -1.88. The van der Waals surface area contributed by atoms with Crippen molar-refractivity contribution in [2.45, 2.75) is 33.1 Å². The van der Waals surface area contributed by atoms with Crippen molar-refractivity contribution >= 4 is 43.8 Å². The van der Waals surface area contributed by atoms with E-state index in [1.807, 2.05) is 25.1 Å². The molecule has 0 unspecified atom stereocenters. The predicted molar refractivity (Wildman–Crippen MR) is 100 cm³/mol. The van der Waals surface area contributed by atoms with Crippen LogP contribution in [-0.4, -0.2) is 9.97 Å². The number of nitrogens with one attached hydrogen (secondary N) is 1. The van der Waals surface area contributed by atoms with Gasteiger partial charge in [-0.15, -0.1) is 0 Å². The monoisotopic (exact) mass is 337 g/mol. The molecule has 0 saturated carbocycles. The molecule has 4 nitrogen and oxygen atoms in total. The van der Waals surface area contributed by atoms with E-state index < -0.39 is 0 Å². The fourth-order valence-electron chi connectivity index (χ4n) is 2.74. The average Bonchev–Trinajstić information content (AvgIpc) is 3.14. The largest absolute Gasteiger partial charge is 0.423 e. The molecule has 4 aromatic rings. The molecule has 2 aromatic heterocycles. The number of anilines is 2. The van der Waals surface area contributed by atoms with Crippen LogP contribution in [0.15, 0.2) is 40.8 Å². The van der Waals surface area contributed by atoms with Gasteiger partial charge in [-0.3, -0.25) is 5.32 Å². The molecule has 0 aliphatic rings. The van der Waals surface area contributed by atoms with Crippen LogP contribution < -0.4 is 5.32 Å². The molecular formula is C19H19N3OS. The maximum Gasteiger partial charge on any atom is 0.302 e. The molecule has 4 rings (SSSR count). The van der Waals surface area contributed by atoms with Gasteiger partial charge in [-0.1, -0.05) is 36.8 Å². The Morgan fingerprint density at radius 3 is 2.83 bits per heavy atom. The van der Waals surface area contributed by atoms with Crippen LogP contribution in [0.4, 0.5) is 11.1 Å². The summed E-state index contributed by atoms with van der Waals surface area (Å²) in [5.74, 6) is 0. The molecule has 5 heteroatoms. The van der Waals surface area contributed by atoms with Crippen molar-refractivity contribution in [2.24, 2.45) is 0 Å². The van der Waals surface area contributed by atoms with Crippen molar-refractivity contribution in [1.82, 2.24) is 9.97 Å². The Hall–Kier alpha value is -2.40. The minimum Gasteiger partial charge on any atom is -0.423 e. The fraction of sp³-hybridized carbons (Fsp3) is 0.263. The second-order valence-electron chi connectivity index (χ2n) is 6.04. The number of hydrogen-bond acceptors (Lipinski definition) is 5. The first-order valence-electron chi connectivity index (χ1n) is 8.25. The molecule has 0 spiro atoms. The number of aromatic nitrogens is 2. The number of aryl methyl sites for hydroxylation is 2. The number of hydrogen-bond donors (Lipinski definition) is 1. The van der Waals surface area contributed by atoms with Crippen molar-refractivity contribution in [2.75, 3.05) is 5.32 Å². The van der Waals surface area contributed by atoms with Crippen molar-refractivity contribution in [1.29, 1.82) is 0 Å². The number of unbranched alkanes of at least 4 members (excludes halogenated alkanes) is 1. The molecule has 0 radical (unpaired) electrons. The minimum absolute atomic E-state index is 0.487. The van der Waals surface area contributed by atoms with E-state index in [1.165, 1.54) is 23.1 Å². The molecule has 2 heterocycles. The van der Waals surface area contributed by atoms with Gasteiger partial charge in [0.05, 0.1) is 10.2 Å². The van der Waals surface area contributed by atoms with Crippen LogP contribution in [0.1, 0.15) is 30.9 Å². The van der Waals surface area contributed by atoms with E-state index in [9.17, 15) is 0 Å². The first-order chi connectivity index (χ1) is 11.7. The zero-order chi connectivity index (χ0) is 16.5. The van der Waals surface area contributed by atoms with Crippen LogP contribution in [-0.2, 0) is 6.42 Å². The number of nitrogens with zero attached hydrogens (tertiary/aromatic N) is 2. The van der Waals surface area contributed by atoms with E-state index in [0.717, 1.165) is 33.7 Å². The Kier molecular flexibility index (Phi) is 3.94. The molecule has 122 valence electrons. The molecule has 24 heavy (non-hydrogen) atoms. The van der Waals surface area contributed by atoms with Gasteiger partial charge in [-0.25, -0.2) is 4.98 Å². The van der Waals surface area contributed by atoms with Gasteiger partial charge in [-0.2, -0.15) is 4.98 Å². The topological polar surface area (TPSA) is 51.0 Å². The lowest BCUT2D eigenvalue weighted by atomic mass is 10.1. The van der Waals surface area contributed by atoms with Crippen LogP contribution in [0.25, 0.3) is 21.3 Å². The lowest BCUT2D eigenvalue weighted by Gasteiger charge is -1.98. The molecule has 1 N–H and O–H groups in total. The van der Waals surface area contributed by atoms with Gasteiger partial charge < -0.3 is 4.42 Å². The fourth-order valence-corrected chi connectivity index (χ4v) is 3.65. The van der Waals surface area contributed by atoms with Gasteiger partial charge in [0, 0.05) is 0 Å². The summed E-state index contributed by atoms with van der Waals surface area (Å²) in [6.07, 6.45) is 3.56. The summed E-state index contributed by atoms with van der Waals surface area (Å²) in [6, 6.07) is 13.0. The van der Waals surface area contributed by atoms with E-state index in [1.54, 1.807) is 11.3 Å². The Morgan fingerprint density at radius 2 is 1.96 bits per heavy atom.